The highest BCUT2D eigenvalue weighted by atomic mass is 15.3. The summed E-state index contributed by atoms with van der Waals surface area (Å²) in [6.07, 6.45) is 0. The van der Waals surface area contributed by atoms with Crippen LogP contribution in [0.3, 0.4) is 0 Å². The number of hydrogen-bond acceptors (Lipinski definition) is 8. The van der Waals surface area contributed by atoms with Crippen LogP contribution < -0.4 is 19.6 Å². The van der Waals surface area contributed by atoms with E-state index in [-0.39, 0.29) is 0 Å². The Kier molecular flexibility index (Phi) is 10.7. The maximum atomic E-state index is 10.6. The number of nitrogens with zero attached hydrogens (tertiary/aromatic N) is 9. The molecule has 0 amide bonds. The highest BCUT2D eigenvalue weighted by molar-refractivity contribution is 6.06. The van der Waals surface area contributed by atoms with Crippen LogP contribution in [0.2, 0.25) is 0 Å². The van der Waals surface area contributed by atoms with Crippen molar-refractivity contribution in [3.05, 3.63) is 266 Å². The molecule has 0 fully saturated rings. The van der Waals surface area contributed by atoms with Gasteiger partial charge in [0, 0.05) is 28.1 Å². The van der Waals surface area contributed by atoms with E-state index in [1.165, 1.54) is 0 Å². The van der Waals surface area contributed by atoms with E-state index in [9.17, 15) is 5.26 Å². The molecule has 0 radical (unpaired) electrons. The van der Waals surface area contributed by atoms with Gasteiger partial charge in [0.25, 0.3) is 0 Å². The molecule has 3 heterocycles. The van der Waals surface area contributed by atoms with Crippen molar-refractivity contribution in [3.63, 3.8) is 0 Å². The average molecular weight is 948 g/mol. The molecule has 1 aromatic heterocycles. The minimum absolute atomic E-state index is 0.383. The van der Waals surface area contributed by atoms with Gasteiger partial charge in [-0.1, -0.05) is 146 Å². The minimum atomic E-state index is 0.383. The predicted octanol–water partition coefficient (Wildman–Crippen LogP) is 17.5. The van der Waals surface area contributed by atoms with Crippen LogP contribution in [0.1, 0.15) is 5.56 Å². The molecule has 9 heteroatoms. The third-order valence-electron chi connectivity index (χ3n) is 13.6. The minimum Gasteiger partial charge on any atom is -0.306 e. The number of rotatable bonds is 8. The fourth-order valence-corrected chi connectivity index (χ4v) is 10.3. The van der Waals surface area contributed by atoms with Crippen molar-refractivity contribution in [2.24, 2.45) is 0 Å². The van der Waals surface area contributed by atoms with Crippen LogP contribution in [-0.4, -0.2) is 15.0 Å². The number of nitriles is 1. The van der Waals surface area contributed by atoms with Crippen LogP contribution in [0.5, 0.6) is 0 Å². The van der Waals surface area contributed by atoms with Crippen LogP contribution >= 0.6 is 0 Å². The number of para-hydroxylation sites is 11. The molecular weight excluding hydrogens is 907 g/mol. The topological polar surface area (TPSA) is 79.8 Å². The van der Waals surface area contributed by atoms with Crippen molar-refractivity contribution >= 4 is 73.9 Å². The van der Waals surface area contributed by atoms with Gasteiger partial charge in [0.15, 0.2) is 23.2 Å². The molecule has 2 aliphatic rings. The Hall–Kier alpha value is -10.6. The average Bonchev–Trinajstić information content (AvgIpc) is 3.48. The summed E-state index contributed by atoms with van der Waals surface area (Å²) >= 11 is 0. The number of fused-ring (bicyclic) bond motifs is 4. The van der Waals surface area contributed by atoms with Gasteiger partial charge in [-0.3, -0.25) is 0 Å². The normalized spacial score (nSPS) is 12.2. The van der Waals surface area contributed by atoms with E-state index in [1.807, 2.05) is 84.9 Å². The largest absolute Gasteiger partial charge is 0.306 e. The first-order valence-electron chi connectivity index (χ1n) is 24.3. The monoisotopic (exact) mass is 947 g/mol. The number of anilines is 12. The van der Waals surface area contributed by atoms with E-state index in [0.717, 1.165) is 84.9 Å². The van der Waals surface area contributed by atoms with Crippen molar-refractivity contribution in [3.8, 4) is 51.4 Å². The first kappa shape index (κ1) is 43.4. The Labute approximate surface area is 428 Å². The van der Waals surface area contributed by atoms with E-state index in [1.54, 1.807) is 0 Å². The quantitative estimate of drug-likeness (QED) is 0.139. The first-order valence-corrected chi connectivity index (χ1v) is 24.3. The summed E-state index contributed by atoms with van der Waals surface area (Å²) in [5, 5.41) is 10.6. The third kappa shape index (κ3) is 7.36. The van der Waals surface area contributed by atoms with Gasteiger partial charge in [-0.25, -0.2) is 19.8 Å². The molecule has 0 atom stereocenters. The lowest BCUT2D eigenvalue weighted by molar-refractivity contribution is 1.07. The molecule has 346 valence electrons. The van der Waals surface area contributed by atoms with Crippen molar-refractivity contribution in [1.29, 1.82) is 5.26 Å². The summed E-state index contributed by atoms with van der Waals surface area (Å²) in [5.74, 6) is 1.25. The Morgan fingerprint density at radius 3 is 1.16 bits per heavy atom. The highest BCUT2D eigenvalue weighted by Crippen LogP contribution is 2.57. The van der Waals surface area contributed by atoms with E-state index in [0.29, 0.717) is 39.9 Å². The third-order valence-corrected chi connectivity index (χ3v) is 13.6. The van der Waals surface area contributed by atoms with E-state index in [4.69, 9.17) is 21.5 Å². The Morgan fingerprint density at radius 1 is 0.324 bits per heavy atom. The molecular formula is C65H41N9. The molecule has 10 aromatic carbocycles. The van der Waals surface area contributed by atoms with E-state index < -0.39 is 0 Å². The van der Waals surface area contributed by atoms with Gasteiger partial charge < -0.3 is 19.6 Å². The van der Waals surface area contributed by atoms with Crippen LogP contribution in [0, 0.1) is 17.9 Å². The smallest absolute Gasteiger partial charge is 0.194 e. The zero-order valence-corrected chi connectivity index (χ0v) is 39.7. The van der Waals surface area contributed by atoms with Crippen LogP contribution in [0.25, 0.3) is 50.1 Å². The summed E-state index contributed by atoms with van der Waals surface area (Å²) in [7, 11) is 0. The maximum absolute atomic E-state index is 10.6. The second-order valence-corrected chi connectivity index (χ2v) is 17.8. The number of aromatic nitrogens is 3. The van der Waals surface area contributed by atoms with Crippen molar-refractivity contribution in [1.82, 2.24) is 15.0 Å². The molecule has 0 unspecified atom stereocenters. The molecule has 74 heavy (non-hydrogen) atoms. The molecule has 9 nitrogen and oxygen atoms in total. The standard InChI is InChI=1S/C65H41N9/c1-67-52-28-12-11-27-49(52)46-38-40-54(74-61-35-19-15-31-57(61)72(48-25-9-4-10-26-48)58-32-16-20-36-62(58)74)51(42-46)65-69-63(45-21-5-2-6-22-45)68-64(70-65)50-41-44(43-66)37-39-53(50)73-59-33-17-13-29-55(59)71(47-23-7-3-8-24-47)56-30-14-18-34-60(56)73/h2-42H. The summed E-state index contributed by atoms with van der Waals surface area (Å²) in [6.45, 7) is 8.19. The SMILES string of the molecule is [C-]#[N+]c1ccccc1-c1ccc(N2c3ccccc3N(c3ccccc3)c3ccccc32)c(-c2nc(-c3ccccc3)nc(-c3cc(C#N)ccc3N3c4ccccc4N(c4ccccc4)c4ccccc43)n2)c1. The van der Waals surface area contributed by atoms with Gasteiger partial charge in [0.2, 0.25) is 0 Å². The summed E-state index contributed by atoms with van der Waals surface area (Å²) in [6, 6.07) is 86.5. The highest BCUT2D eigenvalue weighted by Gasteiger charge is 2.34. The fourth-order valence-electron chi connectivity index (χ4n) is 10.3. The second kappa shape index (κ2) is 18.3. The van der Waals surface area contributed by atoms with Gasteiger partial charge in [-0.15, -0.1) is 0 Å². The number of benzene rings is 10. The molecule has 0 aliphatic carbocycles. The van der Waals surface area contributed by atoms with Gasteiger partial charge in [0.1, 0.15) is 0 Å². The lowest BCUT2D eigenvalue weighted by Crippen LogP contribution is -2.24. The van der Waals surface area contributed by atoms with Crippen molar-refractivity contribution in [2.75, 3.05) is 19.6 Å². The summed E-state index contributed by atoms with van der Waals surface area (Å²) in [5.41, 5.74) is 16.2. The fraction of sp³-hybridized carbons (Fsp3) is 0. The van der Waals surface area contributed by atoms with Crippen LogP contribution in [0.15, 0.2) is 249 Å². The Bertz CT molecular complexity index is 3940. The van der Waals surface area contributed by atoms with Gasteiger partial charge >= 0.3 is 0 Å². The zero-order chi connectivity index (χ0) is 49.5. The maximum Gasteiger partial charge on any atom is 0.194 e. The van der Waals surface area contributed by atoms with Gasteiger partial charge in [-0.05, 0) is 114 Å². The molecule has 2 aliphatic heterocycles. The first-order chi connectivity index (χ1) is 36.6. The molecule has 0 spiro atoms. The van der Waals surface area contributed by atoms with Crippen molar-refractivity contribution < 1.29 is 0 Å². The molecule has 0 saturated heterocycles. The van der Waals surface area contributed by atoms with Crippen LogP contribution in [0.4, 0.5) is 73.9 Å². The number of hydrogen-bond donors (Lipinski definition) is 0. The lowest BCUT2D eigenvalue weighted by Gasteiger charge is -2.41. The molecule has 13 rings (SSSR count). The Balaban J connectivity index is 1.08. The molecule has 0 saturated carbocycles. The predicted molar refractivity (Wildman–Crippen MR) is 298 cm³/mol. The molecule has 0 N–H and O–H groups in total. The lowest BCUT2D eigenvalue weighted by atomic mass is 9.97. The van der Waals surface area contributed by atoms with Gasteiger partial charge in [-0.2, -0.15) is 5.26 Å². The van der Waals surface area contributed by atoms with Gasteiger partial charge in [0.05, 0.1) is 75.1 Å². The van der Waals surface area contributed by atoms with E-state index in [2.05, 4.69) is 194 Å². The van der Waals surface area contributed by atoms with Crippen LogP contribution in [-0.2, 0) is 0 Å². The second-order valence-electron chi connectivity index (χ2n) is 17.8. The summed E-state index contributed by atoms with van der Waals surface area (Å²) < 4.78 is 0. The molecule has 11 aromatic rings. The summed E-state index contributed by atoms with van der Waals surface area (Å²) in [4.78, 5) is 29.4. The van der Waals surface area contributed by atoms with Crippen molar-refractivity contribution in [2.45, 2.75) is 0 Å². The Morgan fingerprint density at radius 2 is 0.703 bits per heavy atom. The van der Waals surface area contributed by atoms with E-state index >= 15 is 0 Å². The molecule has 0 bridgehead atoms. The zero-order valence-electron chi connectivity index (χ0n) is 39.7.